The molecule has 0 saturated carbocycles. The summed E-state index contributed by atoms with van der Waals surface area (Å²) in [6, 6.07) is 7.66. The Balaban J connectivity index is 2.15. The molecule has 0 unspecified atom stereocenters. The van der Waals surface area contributed by atoms with Crippen LogP contribution in [0.1, 0.15) is 21.9 Å². The van der Waals surface area contributed by atoms with Crippen molar-refractivity contribution in [1.29, 1.82) is 0 Å². The minimum atomic E-state index is -0.937. The van der Waals surface area contributed by atoms with Gasteiger partial charge in [-0.1, -0.05) is 30.0 Å². The Morgan fingerprint density at radius 2 is 2.19 bits per heavy atom. The number of H-pyrrole nitrogens is 1. The number of para-hydroxylation sites is 1. The fourth-order valence-electron chi connectivity index (χ4n) is 2.54. The predicted octanol–water partition coefficient (Wildman–Crippen LogP) is 2.31. The molecule has 2 aromatic heterocycles. The van der Waals surface area contributed by atoms with Crippen molar-refractivity contribution in [2.75, 3.05) is 6.26 Å². The maximum atomic E-state index is 11.6. The van der Waals surface area contributed by atoms with Gasteiger partial charge in [0.15, 0.2) is 0 Å². The molecule has 0 amide bonds. The zero-order chi connectivity index (χ0) is 15.0. The molecule has 0 aliphatic rings. The molecular formula is C14H14N4O2S. The molecule has 0 spiro atoms. The number of nitrogens with one attached hydrogen (secondary N) is 1. The van der Waals surface area contributed by atoms with Gasteiger partial charge >= 0.3 is 5.97 Å². The number of carboxylic acid groups (broad SMARTS) is 1. The third-order valence-electron chi connectivity index (χ3n) is 3.45. The van der Waals surface area contributed by atoms with E-state index in [9.17, 15) is 9.90 Å². The number of benzene rings is 1. The van der Waals surface area contributed by atoms with Crippen molar-refractivity contribution >= 4 is 28.6 Å². The van der Waals surface area contributed by atoms with Gasteiger partial charge in [-0.15, -0.1) is 5.10 Å². The van der Waals surface area contributed by atoms with Crippen molar-refractivity contribution in [2.45, 2.75) is 11.6 Å². The van der Waals surface area contributed by atoms with Crippen LogP contribution in [0.3, 0.4) is 0 Å². The number of thioether (sulfide) groups is 1. The van der Waals surface area contributed by atoms with Gasteiger partial charge < -0.3 is 9.67 Å². The van der Waals surface area contributed by atoms with Crippen LogP contribution in [0.5, 0.6) is 0 Å². The van der Waals surface area contributed by atoms with Crippen LogP contribution >= 0.6 is 11.8 Å². The standard InChI is InChI=1S/C14H14N4O2S/c1-18-10-6-4-3-5-8(10)9(12(18)13(19)20)7-11-15-14(21-2)17-16-11/h3-6H,7H2,1-2H3,(H,19,20)(H,15,16,17). The Labute approximate surface area is 125 Å². The third-order valence-corrected chi connectivity index (χ3v) is 4.00. The molecule has 0 saturated heterocycles. The Hall–Kier alpha value is -2.28. The van der Waals surface area contributed by atoms with Gasteiger partial charge in [-0.05, 0) is 12.3 Å². The van der Waals surface area contributed by atoms with Crippen molar-refractivity contribution < 1.29 is 9.90 Å². The molecule has 21 heavy (non-hydrogen) atoms. The van der Waals surface area contributed by atoms with Crippen LogP contribution in [0.15, 0.2) is 29.4 Å². The first-order valence-corrected chi connectivity index (χ1v) is 7.59. The molecule has 1 aromatic carbocycles. The summed E-state index contributed by atoms with van der Waals surface area (Å²) < 4.78 is 1.71. The van der Waals surface area contributed by atoms with Crippen molar-refractivity contribution in [2.24, 2.45) is 7.05 Å². The summed E-state index contributed by atoms with van der Waals surface area (Å²) in [5.41, 5.74) is 1.94. The van der Waals surface area contributed by atoms with Crippen LogP contribution in [-0.4, -0.2) is 37.1 Å². The Morgan fingerprint density at radius 1 is 1.43 bits per heavy atom. The normalized spacial score (nSPS) is 11.1. The van der Waals surface area contributed by atoms with E-state index in [2.05, 4.69) is 15.2 Å². The summed E-state index contributed by atoms with van der Waals surface area (Å²) >= 11 is 1.44. The summed E-state index contributed by atoms with van der Waals surface area (Å²) in [5, 5.41) is 18.0. The van der Waals surface area contributed by atoms with E-state index in [1.165, 1.54) is 11.8 Å². The van der Waals surface area contributed by atoms with E-state index >= 15 is 0 Å². The van der Waals surface area contributed by atoms with Gasteiger partial charge in [-0.25, -0.2) is 9.78 Å². The third kappa shape index (κ3) is 2.29. The van der Waals surface area contributed by atoms with Gasteiger partial charge in [0, 0.05) is 29.9 Å². The highest BCUT2D eigenvalue weighted by molar-refractivity contribution is 7.98. The number of hydrogen-bond acceptors (Lipinski definition) is 4. The summed E-state index contributed by atoms with van der Waals surface area (Å²) in [6.45, 7) is 0. The number of hydrogen-bond donors (Lipinski definition) is 2. The van der Waals surface area contributed by atoms with E-state index in [0.717, 1.165) is 16.5 Å². The van der Waals surface area contributed by atoms with E-state index in [4.69, 9.17) is 0 Å². The number of aromatic nitrogens is 4. The molecule has 0 fully saturated rings. The van der Waals surface area contributed by atoms with Gasteiger partial charge in [-0.3, -0.25) is 5.10 Å². The highest BCUT2D eigenvalue weighted by atomic mass is 32.2. The zero-order valence-corrected chi connectivity index (χ0v) is 12.4. The molecule has 0 bridgehead atoms. The van der Waals surface area contributed by atoms with E-state index in [-0.39, 0.29) is 0 Å². The second-order valence-electron chi connectivity index (χ2n) is 4.65. The second kappa shape index (κ2) is 5.25. The molecule has 0 atom stereocenters. The van der Waals surface area contributed by atoms with Crippen LogP contribution < -0.4 is 0 Å². The van der Waals surface area contributed by atoms with Crippen LogP contribution in [0.25, 0.3) is 10.9 Å². The van der Waals surface area contributed by atoms with Crippen molar-refractivity contribution in [3.63, 3.8) is 0 Å². The monoisotopic (exact) mass is 302 g/mol. The first kappa shape index (κ1) is 13.7. The van der Waals surface area contributed by atoms with Crippen LogP contribution in [0.4, 0.5) is 0 Å². The van der Waals surface area contributed by atoms with Crippen LogP contribution in [0, 0.1) is 0 Å². The van der Waals surface area contributed by atoms with Crippen molar-refractivity contribution in [1.82, 2.24) is 19.7 Å². The lowest BCUT2D eigenvalue weighted by atomic mass is 10.1. The van der Waals surface area contributed by atoms with Crippen LogP contribution in [-0.2, 0) is 13.5 Å². The average molecular weight is 302 g/mol. The molecular weight excluding hydrogens is 288 g/mol. The molecule has 3 rings (SSSR count). The predicted molar refractivity (Wildman–Crippen MR) is 80.8 cm³/mol. The number of aromatic carboxylic acids is 1. The maximum Gasteiger partial charge on any atom is 0.352 e. The smallest absolute Gasteiger partial charge is 0.352 e. The highest BCUT2D eigenvalue weighted by Crippen LogP contribution is 2.27. The number of nitrogens with zero attached hydrogens (tertiary/aromatic N) is 3. The largest absolute Gasteiger partial charge is 0.477 e. The Bertz CT molecular complexity index is 822. The molecule has 3 aromatic rings. The topological polar surface area (TPSA) is 83.8 Å². The zero-order valence-electron chi connectivity index (χ0n) is 11.6. The summed E-state index contributed by atoms with van der Waals surface area (Å²) in [6.07, 6.45) is 2.31. The summed E-state index contributed by atoms with van der Waals surface area (Å²) in [7, 11) is 1.77. The number of carboxylic acids is 1. The number of fused-ring (bicyclic) bond motifs is 1. The Kier molecular flexibility index (Phi) is 3.42. The number of rotatable bonds is 4. The van der Waals surface area contributed by atoms with Gasteiger partial charge in [0.05, 0.1) is 0 Å². The van der Waals surface area contributed by atoms with Crippen LogP contribution in [0.2, 0.25) is 0 Å². The van der Waals surface area contributed by atoms with E-state index in [0.29, 0.717) is 23.1 Å². The van der Waals surface area contributed by atoms with Gasteiger partial charge in [0.2, 0.25) is 5.16 Å². The quantitative estimate of drug-likeness (QED) is 0.723. The minimum Gasteiger partial charge on any atom is -0.477 e. The van der Waals surface area contributed by atoms with E-state index in [1.54, 1.807) is 11.6 Å². The summed E-state index contributed by atoms with van der Waals surface area (Å²) in [5.74, 6) is -0.272. The fraction of sp³-hybridized carbons (Fsp3) is 0.214. The lowest BCUT2D eigenvalue weighted by molar-refractivity contribution is 0.0686. The number of carbonyl (C=O) groups is 1. The first-order valence-electron chi connectivity index (χ1n) is 6.36. The van der Waals surface area contributed by atoms with Crippen molar-refractivity contribution in [3.05, 3.63) is 41.3 Å². The van der Waals surface area contributed by atoms with E-state index < -0.39 is 5.97 Å². The molecule has 2 heterocycles. The molecule has 6 nitrogen and oxygen atoms in total. The molecule has 0 radical (unpaired) electrons. The molecule has 7 heteroatoms. The molecule has 2 N–H and O–H groups in total. The van der Waals surface area contributed by atoms with Gasteiger partial charge in [0.25, 0.3) is 0 Å². The lowest BCUT2D eigenvalue weighted by Gasteiger charge is -2.01. The maximum absolute atomic E-state index is 11.6. The summed E-state index contributed by atoms with van der Waals surface area (Å²) in [4.78, 5) is 15.9. The molecule has 0 aliphatic carbocycles. The lowest BCUT2D eigenvalue weighted by Crippen LogP contribution is -2.08. The molecule has 0 aliphatic heterocycles. The highest BCUT2D eigenvalue weighted by Gasteiger charge is 2.21. The van der Waals surface area contributed by atoms with E-state index in [1.807, 2.05) is 30.5 Å². The second-order valence-corrected chi connectivity index (χ2v) is 5.43. The van der Waals surface area contributed by atoms with Gasteiger partial charge in [0.1, 0.15) is 11.5 Å². The number of aryl methyl sites for hydroxylation is 1. The average Bonchev–Trinajstić information content (AvgIpc) is 3.03. The minimum absolute atomic E-state index is 0.290. The van der Waals surface area contributed by atoms with Gasteiger partial charge in [-0.2, -0.15) is 0 Å². The fourth-order valence-corrected chi connectivity index (χ4v) is 2.88. The SMILES string of the molecule is CSc1n[nH]c(Cc2c(C(=O)O)n(C)c3ccccc23)n1. The Morgan fingerprint density at radius 3 is 2.86 bits per heavy atom. The van der Waals surface area contributed by atoms with Crippen molar-refractivity contribution in [3.8, 4) is 0 Å². The first-order chi connectivity index (χ1) is 10.1. The molecule has 108 valence electrons. The number of aromatic amines is 1.